The SMILES string of the molecule is O=C(O)C1=CCS[C@H]2C(Br)C(=O)N12. The van der Waals surface area contributed by atoms with Gasteiger partial charge in [-0.2, -0.15) is 0 Å². The fourth-order valence-electron chi connectivity index (χ4n) is 1.36. The molecule has 1 unspecified atom stereocenters. The van der Waals surface area contributed by atoms with E-state index in [9.17, 15) is 9.59 Å². The molecule has 2 atom stereocenters. The number of carboxylic acid groups (broad SMARTS) is 1. The van der Waals surface area contributed by atoms with Crippen LogP contribution < -0.4 is 0 Å². The lowest BCUT2D eigenvalue weighted by atomic mass is 10.1. The van der Waals surface area contributed by atoms with Crippen LogP contribution in [-0.2, 0) is 9.59 Å². The van der Waals surface area contributed by atoms with Crippen molar-refractivity contribution in [1.82, 2.24) is 4.90 Å². The van der Waals surface area contributed by atoms with Gasteiger partial charge >= 0.3 is 5.97 Å². The first-order valence-corrected chi connectivity index (χ1v) is 5.61. The van der Waals surface area contributed by atoms with Crippen LogP contribution in [0.1, 0.15) is 0 Å². The summed E-state index contributed by atoms with van der Waals surface area (Å²) >= 11 is 4.78. The van der Waals surface area contributed by atoms with Crippen molar-refractivity contribution in [1.29, 1.82) is 0 Å². The number of hydrogen-bond acceptors (Lipinski definition) is 3. The number of amides is 1. The summed E-state index contributed by atoms with van der Waals surface area (Å²) < 4.78 is 0. The predicted octanol–water partition coefficient (Wildman–Crippen LogP) is 0.634. The van der Waals surface area contributed by atoms with Gasteiger partial charge in [-0.25, -0.2) is 4.79 Å². The van der Waals surface area contributed by atoms with Crippen molar-refractivity contribution in [2.45, 2.75) is 10.2 Å². The van der Waals surface area contributed by atoms with Gasteiger partial charge in [-0.1, -0.05) is 15.9 Å². The molecule has 70 valence electrons. The van der Waals surface area contributed by atoms with Crippen molar-refractivity contribution >= 4 is 39.6 Å². The molecule has 0 aromatic carbocycles. The molecular weight excluding hydrogens is 258 g/mol. The Kier molecular flexibility index (Phi) is 2.11. The van der Waals surface area contributed by atoms with Gasteiger partial charge in [0.15, 0.2) is 0 Å². The summed E-state index contributed by atoms with van der Waals surface area (Å²) in [5.74, 6) is -0.540. The van der Waals surface area contributed by atoms with Gasteiger partial charge in [-0.15, -0.1) is 11.8 Å². The number of thioether (sulfide) groups is 1. The van der Waals surface area contributed by atoms with Gasteiger partial charge in [-0.05, 0) is 6.08 Å². The Labute approximate surface area is 87.1 Å². The van der Waals surface area contributed by atoms with E-state index in [0.29, 0.717) is 5.75 Å². The van der Waals surface area contributed by atoms with E-state index >= 15 is 0 Å². The number of fused-ring (bicyclic) bond motifs is 1. The quantitative estimate of drug-likeness (QED) is 0.557. The highest BCUT2D eigenvalue weighted by Crippen LogP contribution is 2.40. The zero-order valence-corrected chi connectivity index (χ0v) is 8.84. The second-order valence-electron chi connectivity index (χ2n) is 2.73. The summed E-state index contributed by atoms with van der Waals surface area (Å²) in [5.41, 5.74) is 0.115. The summed E-state index contributed by atoms with van der Waals surface area (Å²) in [4.78, 5) is 23.1. The largest absolute Gasteiger partial charge is 0.477 e. The fourth-order valence-corrected chi connectivity index (χ4v) is 3.38. The van der Waals surface area contributed by atoms with Crippen LogP contribution >= 0.6 is 27.7 Å². The first-order chi connectivity index (χ1) is 6.13. The summed E-state index contributed by atoms with van der Waals surface area (Å²) in [6.45, 7) is 0. The third-order valence-electron chi connectivity index (χ3n) is 2.00. The van der Waals surface area contributed by atoms with Gasteiger partial charge in [-0.3, -0.25) is 9.69 Å². The maximum absolute atomic E-state index is 11.3. The lowest BCUT2D eigenvalue weighted by molar-refractivity contribution is -0.145. The van der Waals surface area contributed by atoms with Crippen LogP contribution in [0.25, 0.3) is 0 Å². The molecule has 1 N–H and O–H groups in total. The Morgan fingerprint density at radius 3 is 3.08 bits per heavy atom. The molecule has 1 saturated heterocycles. The number of nitrogens with zero attached hydrogens (tertiary/aromatic N) is 1. The molecule has 2 aliphatic rings. The molecule has 0 spiro atoms. The van der Waals surface area contributed by atoms with E-state index in [0.717, 1.165) is 0 Å². The number of rotatable bonds is 1. The highest BCUT2D eigenvalue weighted by molar-refractivity contribution is 9.10. The third-order valence-corrected chi connectivity index (χ3v) is 4.43. The van der Waals surface area contributed by atoms with Gasteiger partial charge in [0.05, 0.1) is 0 Å². The average Bonchev–Trinajstić information content (AvgIpc) is 2.15. The molecule has 0 bridgehead atoms. The highest BCUT2D eigenvalue weighted by Gasteiger charge is 2.50. The van der Waals surface area contributed by atoms with E-state index in [2.05, 4.69) is 15.9 Å². The number of alkyl halides is 1. The summed E-state index contributed by atoms with van der Waals surface area (Å²) in [6, 6.07) is 0. The van der Waals surface area contributed by atoms with Crippen molar-refractivity contribution in [2.75, 3.05) is 5.75 Å². The molecule has 2 rings (SSSR count). The summed E-state index contributed by atoms with van der Waals surface area (Å²) in [5, 5.41) is 8.74. The Bertz CT molecular complexity index is 317. The van der Waals surface area contributed by atoms with Gasteiger partial charge in [0.2, 0.25) is 5.91 Å². The molecule has 0 radical (unpaired) electrons. The Morgan fingerprint density at radius 2 is 2.46 bits per heavy atom. The molecule has 4 nitrogen and oxygen atoms in total. The summed E-state index contributed by atoms with van der Waals surface area (Å²) in [7, 11) is 0. The van der Waals surface area contributed by atoms with Crippen molar-refractivity contribution in [3.05, 3.63) is 11.8 Å². The number of carboxylic acids is 1. The van der Waals surface area contributed by atoms with Crippen LogP contribution in [0, 0.1) is 0 Å². The maximum atomic E-state index is 11.3. The van der Waals surface area contributed by atoms with Crippen LogP contribution in [0.2, 0.25) is 0 Å². The van der Waals surface area contributed by atoms with Gasteiger partial charge in [0.25, 0.3) is 0 Å². The topological polar surface area (TPSA) is 57.6 Å². The normalized spacial score (nSPS) is 31.9. The van der Waals surface area contributed by atoms with Crippen molar-refractivity contribution in [3.63, 3.8) is 0 Å². The van der Waals surface area contributed by atoms with E-state index in [1.165, 1.54) is 4.90 Å². The van der Waals surface area contributed by atoms with Crippen molar-refractivity contribution in [2.24, 2.45) is 0 Å². The standard InChI is InChI=1S/C7H6BrNO3S/c8-4-5(10)9-3(7(11)12)1-2-13-6(4)9/h1,4,6H,2H2,(H,11,12)/t4?,6-/m0/s1. The van der Waals surface area contributed by atoms with E-state index in [4.69, 9.17) is 5.11 Å². The van der Waals surface area contributed by atoms with E-state index in [1.54, 1.807) is 17.8 Å². The van der Waals surface area contributed by atoms with Gasteiger partial charge in [0, 0.05) is 5.75 Å². The second-order valence-corrected chi connectivity index (χ2v) is 4.86. The average molecular weight is 264 g/mol. The molecule has 1 amide bonds. The van der Waals surface area contributed by atoms with Gasteiger partial charge < -0.3 is 5.11 Å². The number of carbonyl (C=O) groups is 2. The number of carbonyl (C=O) groups excluding carboxylic acids is 1. The van der Waals surface area contributed by atoms with Crippen LogP contribution in [0.3, 0.4) is 0 Å². The Hall–Kier alpha value is -0.490. The molecule has 2 aliphatic heterocycles. The van der Waals surface area contributed by atoms with E-state index in [1.807, 2.05) is 0 Å². The van der Waals surface area contributed by atoms with Crippen LogP contribution in [0.15, 0.2) is 11.8 Å². The monoisotopic (exact) mass is 263 g/mol. The molecule has 0 aromatic heterocycles. The molecule has 0 saturated carbocycles. The highest BCUT2D eigenvalue weighted by atomic mass is 79.9. The minimum absolute atomic E-state index is 0.0383. The minimum Gasteiger partial charge on any atom is -0.477 e. The van der Waals surface area contributed by atoms with Crippen LogP contribution in [0.4, 0.5) is 0 Å². The number of aliphatic carboxylic acids is 1. The fraction of sp³-hybridized carbons (Fsp3) is 0.429. The molecule has 0 aliphatic carbocycles. The molecular formula is C7H6BrNO3S. The zero-order chi connectivity index (χ0) is 9.59. The number of hydrogen-bond donors (Lipinski definition) is 1. The number of halogens is 1. The molecule has 1 fully saturated rings. The first kappa shape index (κ1) is 9.08. The van der Waals surface area contributed by atoms with Crippen molar-refractivity contribution in [3.8, 4) is 0 Å². The van der Waals surface area contributed by atoms with Crippen molar-refractivity contribution < 1.29 is 14.7 Å². The third kappa shape index (κ3) is 1.20. The minimum atomic E-state index is -1.03. The molecule has 6 heteroatoms. The molecule has 0 aromatic rings. The number of β-lactam (4-membered cyclic amide) rings is 1. The zero-order valence-electron chi connectivity index (χ0n) is 6.44. The van der Waals surface area contributed by atoms with Crippen LogP contribution in [-0.4, -0.2) is 37.8 Å². The molecule has 13 heavy (non-hydrogen) atoms. The Morgan fingerprint density at radius 1 is 1.77 bits per heavy atom. The summed E-state index contributed by atoms with van der Waals surface area (Å²) in [6.07, 6.45) is 1.57. The maximum Gasteiger partial charge on any atom is 0.352 e. The van der Waals surface area contributed by atoms with Crippen LogP contribution in [0.5, 0.6) is 0 Å². The van der Waals surface area contributed by atoms with E-state index in [-0.39, 0.29) is 21.8 Å². The predicted molar refractivity (Wildman–Crippen MR) is 51.5 cm³/mol. The first-order valence-electron chi connectivity index (χ1n) is 3.65. The lowest BCUT2D eigenvalue weighted by Crippen LogP contribution is -2.61. The second kappa shape index (κ2) is 3.02. The molecule has 2 heterocycles. The smallest absolute Gasteiger partial charge is 0.352 e. The lowest BCUT2D eigenvalue weighted by Gasteiger charge is -2.45. The van der Waals surface area contributed by atoms with Gasteiger partial charge in [0.1, 0.15) is 15.9 Å². The Balaban J connectivity index is 2.27. The van der Waals surface area contributed by atoms with E-state index < -0.39 is 5.97 Å².